The average Bonchev–Trinajstić information content (AvgIpc) is 2.78. The first-order valence-corrected chi connectivity index (χ1v) is 6.78. The SMILES string of the molecule is CCN(CCO)C(=O)C1COc2ccc(Br)cc21. The quantitative estimate of drug-likeness (QED) is 0.921. The number of rotatable bonds is 4. The molecule has 1 N–H and O–H groups in total. The van der Waals surface area contributed by atoms with Crippen LogP contribution in [0.25, 0.3) is 0 Å². The van der Waals surface area contributed by atoms with Crippen LogP contribution < -0.4 is 4.74 Å². The lowest BCUT2D eigenvalue weighted by molar-refractivity contribution is -0.133. The molecule has 0 aliphatic carbocycles. The number of fused-ring (bicyclic) bond motifs is 1. The molecule has 18 heavy (non-hydrogen) atoms. The van der Waals surface area contributed by atoms with Crippen molar-refractivity contribution in [3.05, 3.63) is 28.2 Å². The van der Waals surface area contributed by atoms with Gasteiger partial charge in [-0.1, -0.05) is 15.9 Å². The number of hydrogen-bond acceptors (Lipinski definition) is 3. The zero-order valence-electron chi connectivity index (χ0n) is 10.2. The monoisotopic (exact) mass is 313 g/mol. The van der Waals surface area contributed by atoms with Gasteiger partial charge in [0.1, 0.15) is 18.3 Å². The van der Waals surface area contributed by atoms with E-state index in [1.54, 1.807) is 4.90 Å². The van der Waals surface area contributed by atoms with Crippen LogP contribution in [0.4, 0.5) is 0 Å². The van der Waals surface area contributed by atoms with Crippen molar-refractivity contribution < 1.29 is 14.6 Å². The molecule has 0 spiro atoms. The van der Waals surface area contributed by atoms with Crippen molar-refractivity contribution in [2.45, 2.75) is 12.8 Å². The Morgan fingerprint density at radius 1 is 1.61 bits per heavy atom. The van der Waals surface area contributed by atoms with Gasteiger partial charge in [-0.15, -0.1) is 0 Å². The molecule has 0 radical (unpaired) electrons. The highest BCUT2D eigenvalue weighted by molar-refractivity contribution is 9.10. The van der Waals surface area contributed by atoms with Crippen molar-refractivity contribution in [2.24, 2.45) is 0 Å². The summed E-state index contributed by atoms with van der Waals surface area (Å²) in [5, 5.41) is 8.97. The van der Waals surface area contributed by atoms with Crippen molar-refractivity contribution in [1.82, 2.24) is 4.90 Å². The van der Waals surface area contributed by atoms with Gasteiger partial charge in [-0.25, -0.2) is 0 Å². The standard InChI is InChI=1S/C13H16BrNO3/c1-2-15(5-6-16)13(17)11-8-18-12-4-3-9(14)7-10(11)12/h3-4,7,11,16H,2,5-6,8H2,1H3. The first-order valence-electron chi connectivity index (χ1n) is 5.99. The van der Waals surface area contributed by atoms with Crippen LogP contribution in [0, 0.1) is 0 Å². The number of carbonyl (C=O) groups is 1. The van der Waals surface area contributed by atoms with E-state index in [2.05, 4.69) is 15.9 Å². The van der Waals surface area contributed by atoms with E-state index >= 15 is 0 Å². The topological polar surface area (TPSA) is 49.8 Å². The van der Waals surface area contributed by atoms with E-state index in [1.807, 2.05) is 25.1 Å². The molecule has 0 bridgehead atoms. The van der Waals surface area contributed by atoms with Crippen LogP contribution in [0.5, 0.6) is 5.75 Å². The van der Waals surface area contributed by atoms with E-state index in [1.165, 1.54) is 0 Å². The van der Waals surface area contributed by atoms with Gasteiger partial charge in [0.2, 0.25) is 5.91 Å². The zero-order chi connectivity index (χ0) is 13.1. The second kappa shape index (κ2) is 5.71. The highest BCUT2D eigenvalue weighted by Crippen LogP contribution is 2.36. The summed E-state index contributed by atoms with van der Waals surface area (Å²) >= 11 is 3.41. The number of aliphatic hydroxyl groups excluding tert-OH is 1. The third kappa shape index (κ3) is 2.52. The molecule has 1 atom stereocenters. The Kier molecular flexibility index (Phi) is 4.24. The minimum Gasteiger partial charge on any atom is -0.492 e. The fourth-order valence-electron chi connectivity index (χ4n) is 2.16. The number of amides is 1. The lowest BCUT2D eigenvalue weighted by Gasteiger charge is -2.22. The maximum atomic E-state index is 12.4. The largest absolute Gasteiger partial charge is 0.492 e. The molecule has 1 aliphatic heterocycles. The van der Waals surface area contributed by atoms with Gasteiger partial charge in [-0.05, 0) is 25.1 Å². The molecular weight excluding hydrogens is 298 g/mol. The maximum Gasteiger partial charge on any atom is 0.233 e. The van der Waals surface area contributed by atoms with Gasteiger partial charge in [0, 0.05) is 23.1 Å². The summed E-state index contributed by atoms with van der Waals surface area (Å²) in [5.74, 6) is 0.531. The summed E-state index contributed by atoms with van der Waals surface area (Å²) in [5.41, 5.74) is 0.922. The number of likely N-dealkylation sites (N-methyl/N-ethyl adjacent to an activating group) is 1. The normalized spacial score (nSPS) is 17.2. The third-order valence-electron chi connectivity index (χ3n) is 3.11. The van der Waals surface area contributed by atoms with Crippen molar-refractivity contribution in [1.29, 1.82) is 0 Å². The minimum atomic E-state index is -0.260. The molecule has 0 aromatic heterocycles. The molecule has 1 amide bonds. The van der Waals surface area contributed by atoms with Crippen molar-refractivity contribution in [3.8, 4) is 5.75 Å². The Hall–Kier alpha value is -1.07. The van der Waals surface area contributed by atoms with Crippen molar-refractivity contribution in [3.63, 3.8) is 0 Å². The van der Waals surface area contributed by atoms with Gasteiger partial charge in [0.25, 0.3) is 0 Å². The molecular formula is C13H16BrNO3. The summed E-state index contributed by atoms with van der Waals surface area (Å²) in [6, 6.07) is 5.70. The summed E-state index contributed by atoms with van der Waals surface area (Å²) in [6.07, 6.45) is 0. The van der Waals surface area contributed by atoms with E-state index in [0.717, 1.165) is 15.8 Å². The third-order valence-corrected chi connectivity index (χ3v) is 3.61. The molecule has 1 aliphatic rings. The molecule has 5 heteroatoms. The number of carbonyl (C=O) groups excluding carboxylic acids is 1. The Morgan fingerprint density at radius 3 is 3.06 bits per heavy atom. The number of aliphatic hydroxyl groups is 1. The van der Waals surface area contributed by atoms with Crippen molar-refractivity contribution >= 4 is 21.8 Å². The van der Waals surface area contributed by atoms with Gasteiger partial charge in [0.05, 0.1) is 6.61 Å². The Morgan fingerprint density at radius 2 is 2.39 bits per heavy atom. The molecule has 2 rings (SSSR count). The number of halogens is 1. The predicted molar refractivity (Wildman–Crippen MR) is 71.7 cm³/mol. The Bertz CT molecular complexity index is 450. The molecule has 0 saturated heterocycles. The molecule has 1 unspecified atom stereocenters. The van der Waals surface area contributed by atoms with Crippen LogP contribution in [0.3, 0.4) is 0 Å². The summed E-state index contributed by atoms with van der Waals surface area (Å²) in [6.45, 7) is 3.24. The van der Waals surface area contributed by atoms with Gasteiger partial charge in [0.15, 0.2) is 0 Å². The first kappa shape index (κ1) is 13.4. The van der Waals surface area contributed by atoms with Crippen LogP contribution >= 0.6 is 15.9 Å². The average molecular weight is 314 g/mol. The molecule has 98 valence electrons. The lowest BCUT2D eigenvalue weighted by Crippen LogP contribution is -2.37. The van der Waals surface area contributed by atoms with Gasteiger partial charge >= 0.3 is 0 Å². The van der Waals surface area contributed by atoms with Crippen molar-refractivity contribution in [2.75, 3.05) is 26.3 Å². The van der Waals surface area contributed by atoms with Gasteiger partial charge in [-0.2, -0.15) is 0 Å². The highest BCUT2D eigenvalue weighted by Gasteiger charge is 2.32. The van der Waals surface area contributed by atoms with E-state index < -0.39 is 0 Å². The van der Waals surface area contributed by atoms with Crippen LogP contribution in [-0.4, -0.2) is 42.2 Å². The second-order valence-electron chi connectivity index (χ2n) is 4.19. The fourth-order valence-corrected chi connectivity index (χ4v) is 2.53. The summed E-state index contributed by atoms with van der Waals surface area (Å²) in [4.78, 5) is 14.0. The summed E-state index contributed by atoms with van der Waals surface area (Å²) < 4.78 is 6.47. The molecule has 0 saturated carbocycles. The molecule has 0 fully saturated rings. The van der Waals surface area contributed by atoms with E-state index in [-0.39, 0.29) is 18.4 Å². The highest BCUT2D eigenvalue weighted by atomic mass is 79.9. The van der Waals surface area contributed by atoms with Gasteiger partial charge in [-0.3, -0.25) is 4.79 Å². The molecule has 1 heterocycles. The van der Waals surface area contributed by atoms with E-state index in [0.29, 0.717) is 19.7 Å². The predicted octanol–water partition coefficient (Wildman–Crippen LogP) is 1.77. The van der Waals surface area contributed by atoms with Gasteiger partial charge < -0.3 is 14.7 Å². The maximum absolute atomic E-state index is 12.4. The number of ether oxygens (including phenoxy) is 1. The Balaban J connectivity index is 2.22. The number of benzene rings is 1. The summed E-state index contributed by atoms with van der Waals surface area (Å²) in [7, 11) is 0. The fraction of sp³-hybridized carbons (Fsp3) is 0.462. The van der Waals surface area contributed by atoms with Crippen LogP contribution in [-0.2, 0) is 4.79 Å². The molecule has 4 nitrogen and oxygen atoms in total. The van der Waals surface area contributed by atoms with Crippen LogP contribution in [0.15, 0.2) is 22.7 Å². The zero-order valence-corrected chi connectivity index (χ0v) is 11.8. The van der Waals surface area contributed by atoms with Crippen LogP contribution in [0.2, 0.25) is 0 Å². The van der Waals surface area contributed by atoms with E-state index in [9.17, 15) is 4.79 Å². The molecule has 1 aromatic carbocycles. The van der Waals surface area contributed by atoms with Crippen LogP contribution in [0.1, 0.15) is 18.4 Å². The second-order valence-corrected chi connectivity index (χ2v) is 5.10. The molecule has 1 aromatic rings. The first-order chi connectivity index (χ1) is 8.67. The lowest BCUT2D eigenvalue weighted by atomic mass is 10.00. The van der Waals surface area contributed by atoms with E-state index in [4.69, 9.17) is 9.84 Å². The number of hydrogen-bond donors (Lipinski definition) is 1. The minimum absolute atomic E-state index is 0.0154. The Labute approximate surface area is 115 Å². The number of nitrogens with zero attached hydrogens (tertiary/aromatic N) is 1. The smallest absolute Gasteiger partial charge is 0.233 e.